The van der Waals surface area contributed by atoms with E-state index in [0.717, 1.165) is 12.2 Å². The van der Waals surface area contributed by atoms with Gasteiger partial charge in [0.05, 0.1) is 13.2 Å². The third kappa shape index (κ3) is 27.0. The molecule has 0 heterocycles. The lowest BCUT2D eigenvalue weighted by Crippen LogP contribution is -2.04. The van der Waals surface area contributed by atoms with Crippen molar-refractivity contribution in [3.63, 3.8) is 0 Å². The van der Waals surface area contributed by atoms with Gasteiger partial charge in [0.2, 0.25) is 0 Å². The minimum Gasteiger partial charge on any atom is -0.478 e. The van der Waals surface area contributed by atoms with Crippen LogP contribution >= 0.6 is 0 Å². The van der Waals surface area contributed by atoms with E-state index in [1.807, 2.05) is 0 Å². The Bertz CT molecular complexity index is 346. The molecule has 2 N–H and O–H groups in total. The smallest absolute Gasteiger partial charge is 0.330 e. The maximum absolute atomic E-state index is 10.1. The van der Waals surface area contributed by atoms with Crippen molar-refractivity contribution in [2.75, 3.05) is 19.8 Å². The molecule has 7 nitrogen and oxygen atoms in total. The Balaban J connectivity index is -0.000000234. The van der Waals surface area contributed by atoms with E-state index in [9.17, 15) is 14.4 Å². The zero-order chi connectivity index (χ0) is 17.3. The molecule has 0 aliphatic rings. The lowest BCUT2D eigenvalue weighted by molar-refractivity contribution is -0.139. The molecule has 0 spiro atoms. The third-order valence-corrected chi connectivity index (χ3v) is 1.32. The van der Waals surface area contributed by atoms with Crippen LogP contribution in [0, 0.1) is 0 Å². The average Bonchev–Trinajstić information content (AvgIpc) is 2.46. The van der Waals surface area contributed by atoms with Crippen LogP contribution < -0.4 is 0 Å². The molecule has 0 amide bonds. The second-order valence-electron chi connectivity index (χ2n) is 3.14. The highest BCUT2D eigenvalue weighted by Gasteiger charge is 1.90. The number of carbonyl (C=O) groups excluding carboxylic acids is 2. The largest absolute Gasteiger partial charge is 0.478 e. The number of aliphatic carboxylic acids is 1. The first kappa shape index (κ1) is 23.7. The van der Waals surface area contributed by atoms with Gasteiger partial charge in [0.1, 0.15) is 6.61 Å². The van der Waals surface area contributed by atoms with Gasteiger partial charge in [-0.1, -0.05) is 19.7 Å². The predicted octanol–water partition coefficient (Wildman–Crippen LogP) is 1.09. The Hall–Kier alpha value is -2.41. The first-order valence-corrected chi connectivity index (χ1v) is 5.84. The molecule has 0 aliphatic carbocycles. The summed E-state index contributed by atoms with van der Waals surface area (Å²) in [6.45, 7) is 13.0. The summed E-state index contributed by atoms with van der Waals surface area (Å²) in [6, 6.07) is 0. The van der Waals surface area contributed by atoms with Crippen LogP contribution in [0.4, 0.5) is 0 Å². The molecule has 0 rings (SSSR count). The number of ether oxygens (including phenoxy) is 2. The van der Waals surface area contributed by atoms with Crippen molar-refractivity contribution in [3.8, 4) is 0 Å². The van der Waals surface area contributed by atoms with Gasteiger partial charge in [0, 0.05) is 17.7 Å². The monoisotopic (exact) mass is 302 g/mol. The summed E-state index contributed by atoms with van der Waals surface area (Å²) in [5.74, 6) is -1.79. The third-order valence-electron chi connectivity index (χ3n) is 1.32. The van der Waals surface area contributed by atoms with E-state index in [4.69, 9.17) is 10.2 Å². The van der Waals surface area contributed by atoms with Crippen molar-refractivity contribution >= 4 is 17.9 Å². The van der Waals surface area contributed by atoms with Gasteiger partial charge in [0.25, 0.3) is 0 Å². The van der Waals surface area contributed by atoms with Gasteiger partial charge in [-0.3, -0.25) is 0 Å². The Morgan fingerprint density at radius 1 is 1.10 bits per heavy atom. The van der Waals surface area contributed by atoms with Crippen molar-refractivity contribution in [1.29, 1.82) is 0 Å². The second kappa shape index (κ2) is 17.6. The predicted molar refractivity (Wildman–Crippen MR) is 77.5 cm³/mol. The topological polar surface area (TPSA) is 110 Å². The maximum Gasteiger partial charge on any atom is 0.330 e. The summed E-state index contributed by atoms with van der Waals surface area (Å²) in [4.78, 5) is 29.8. The van der Waals surface area contributed by atoms with Crippen molar-refractivity contribution < 1.29 is 34.1 Å². The molecular formula is C14H22O7. The Morgan fingerprint density at radius 3 is 1.67 bits per heavy atom. The van der Waals surface area contributed by atoms with E-state index in [1.165, 1.54) is 6.92 Å². The molecule has 0 aliphatic heterocycles. The van der Waals surface area contributed by atoms with Crippen LogP contribution in [0.25, 0.3) is 0 Å². The first-order valence-electron chi connectivity index (χ1n) is 5.84. The summed E-state index contributed by atoms with van der Waals surface area (Å²) in [5.41, 5.74) is 0.176. The number of carboxylic acid groups (broad SMARTS) is 1. The van der Waals surface area contributed by atoms with Crippen LogP contribution in [0.1, 0.15) is 13.8 Å². The lowest BCUT2D eigenvalue weighted by Gasteiger charge is -1.94. The molecule has 0 aromatic rings. The average molecular weight is 302 g/mol. The molecule has 21 heavy (non-hydrogen) atoms. The summed E-state index contributed by atoms with van der Waals surface area (Å²) < 4.78 is 8.77. The van der Waals surface area contributed by atoms with E-state index in [2.05, 4.69) is 29.2 Å². The van der Waals surface area contributed by atoms with Crippen molar-refractivity contribution in [3.05, 3.63) is 37.5 Å². The maximum atomic E-state index is 10.1. The van der Waals surface area contributed by atoms with Crippen LogP contribution in [-0.2, 0) is 23.9 Å². The number of hydrogen-bond donors (Lipinski definition) is 2. The van der Waals surface area contributed by atoms with E-state index in [1.54, 1.807) is 6.92 Å². The molecule has 7 heteroatoms. The number of aliphatic hydroxyl groups is 1. The highest BCUT2D eigenvalue weighted by atomic mass is 16.5. The van der Waals surface area contributed by atoms with E-state index >= 15 is 0 Å². The van der Waals surface area contributed by atoms with Crippen LogP contribution in [0.2, 0.25) is 0 Å². The van der Waals surface area contributed by atoms with E-state index < -0.39 is 11.9 Å². The zero-order valence-corrected chi connectivity index (χ0v) is 12.3. The molecular weight excluding hydrogens is 280 g/mol. The summed E-state index contributed by atoms with van der Waals surface area (Å²) in [5, 5.41) is 16.0. The van der Waals surface area contributed by atoms with Crippen LogP contribution in [0.5, 0.6) is 0 Å². The summed E-state index contributed by atoms with van der Waals surface area (Å²) >= 11 is 0. The number of carbonyl (C=O) groups is 3. The van der Waals surface area contributed by atoms with Gasteiger partial charge in [-0.2, -0.15) is 0 Å². The summed E-state index contributed by atoms with van der Waals surface area (Å²) in [7, 11) is 0. The fourth-order valence-corrected chi connectivity index (χ4v) is 0.406. The molecule has 120 valence electrons. The SMILES string of the molecule is C=C(C)C(=O)O.C=CC(=O)OCC.C=CC(=O)OCCO. The normalized spacial score (nSPS) is 7.76. The van der Waals surface area contributed by atoms with Gasteiger partial charge in [-0.15, -0.1) is 0 Å². The standard InChI is InChI=1S/C5H8O3.C5H8O2.C4H6O2/c1-2-5(7)8-4-3-6;1-3-5(6)7-4-2;1-3(2)4(5)6/h2,6H,1,3-4H2;3H,1,4H2,2H3;1H2,2H3,(H,5,6). The van der Waals surface area contributed by atoms with Gasteiger partial charge >= 0.3 is 17.9 Å². The molecule has 0 fully saturated rings. The zero-order valence-electron chi connectivity index (χ0n) is 12.3. The van der Waals surface area contributed by atoms with Crippen LogP contribution in [-0.4, -0.2) is 47.9 Å². The lowest BCUT2D eigenvalue weighted by atomic mass is 10.4. The first-order chi connectivity index (χ1) is 9.76. The second-order valence-corrected chi connectivity index (χ2v) is 3.14. The quantitative estimate of drug-likeness (QED) is 0.558. The Kier molecular flexibility index (Phi) is 19.8. The Labute approximate surface area is 124 Å². The molecule has 0 radical (unpaired) electrons. The molecule has 0 aromatic heterocycles. The van der Waals surface area contributed by atoms with E-state index in [-0.39, 0.29) is 24.8 Å². The number of carboxylic acids is 1. The van der Waals surface area contributed by atoms with Gasteiger partial charge < -0.3 is 19.7 Å². The van der Waals surface area contributed by atoms with Crippen LogP contribution in [0.15, 0.2) is 37.5 Å². The van der Waals surface area contributed by atoms with Gasteiger partial charge in [0.15, 0.2) is 0 Å². The highest BCUT2D eigenvalue weighted by Crippen LogP contribution is 1.81. The Morgan fingerprint density at radius 2 is 1.48 bits per heavy atom. The minimum absolute atomic E-state index is 0.0465. The molecule has 0 atom stereocenters. The molecule has 0 saturated carbocycles. The fourth-order valence-electron chi connectivity index (χ4n) is 0.406. The molecule has 0 unspecified atom stereocenters. The molecule has 0 saturated heterocycles. The summed E-state index contributed by atoms with van der Waals surface area (Å²) in [6.07, 6.45) is 2.19. The van der Waals surface area contributed by atoms with Crippen LogP contribution in [0.3, 0.4) is 0 Å². The van der Waals surface area contributed by atoms with Crippen molar-refractivity contribution in [1.82, 2.24) is 0 Å². The fraction of sp³-hybridized carbons (Fsp3) is 0.357. The number of hydrogen-bond acceptors (Lipinski definition) is 6. The number of esters is 2. The minimum atomic E-state index is -0.935. The van der Waals surface area contributed by atoms with E-state index in [0.29, 0.717) is 6.61 Å². The van der Waals surface area contributed by atoms with Crippen molar-refractivity contribution in [2.45, 2.75) is 13.8 Å². The van der Waals surface area contributed by atoms with Gasteiger partial charge in [-0.05, 0) is 13.8 Å². The highest BCUT2D eigenvalue weighted by molar-refractivity contribution is 5.84. The molecule has 0 bridgehead atoms. The number of rotatable bonds is 6. The number of aliphatic hydroxyl groups excluding tert-OH is 1. The van der Waals surface area contributed by atoms with Gasteiger partial charge in [-0.25, -0.2) is 14.4 Å². The molecule has 0 aromatic carbocycles. The van der Waals surface area contributed by atoms with Crippen molar-refractivity contribution in [2.24, 2.45) is 0 Å².